The number of carbonyl (C=O) groups excluding carboxylic acids is 1. The van der Waals surface area contributed by atoms with Crippen LogP contribution in [-0.4, -0.2) is 42.1 Å². The number of hydrogen-bond donors (Lipinski definition) is 1. The number of anilines is 2. The van der Waals surface area contributed by atoms with Crippen LogP contribution in [0.3, 0.4) is 0 Å². The van der Waals surface area contributed by atoms with Gasteiger partial charge in [0.05, 0.1) is 11.9 Å². The smallest absolute Gasteiger partial charge is 0.249 e. The molecule has 0 bridgehead atoms. The van der Waals surface area contributed by atoms with E-state index in [0.29, 0.717) is 26.7 Å². The minimum Gasteiger partial charge on any atom is -0.299 e. The van der Waals surface area contributed by atoms with Crippen molar-refractivity contribution in [1.29, 1.82) is 0 Å². The van der Waals surface area contributed by atoms with Crippen molar-refractivity contribution >= 4 is 61.4 Å². The molecule has 1 aromatic carbocycles. The lowest BCUT2D eigenvalue weighted by Gasteiger charge is -2.29. The molecule has 0 aliphatic carbocycles. The van der Waals surface area contributed by atoms with Crippen molar-refractivity contribution in [3.63, 3.8) is 0 Å². The Morgan fingerprint density at radius 3 is 2.56 bits per heavy atom. The lowest BCUT2D eigenvalue weighted by atomic mass is 10.2. The van der Waals surface area contributed by atoms with Gasteiger partial charge in [0.2, 0.25) is 21.1 Å². The Bertz CT molecular complexity index is 931. The van der Waals surface area contributed by atoms with Crippen LogP contribution >= 0.6 is 34.7 Å². The summed E-state index contributed by atoms with van der Waals surface area (Å²) in [6.07, 6.45) is 1.06. The SMILES string of the molecule is Cc1ccc(Cl)cc1N([C@H](C)C(=O)Nc1nnc(SC(C)C)s1)S(C)(=O)=O. The number of halogens is 1. The van der Waals surface area contributed by atoms with Gasteiger partial charge in [0.1, 0.15) is 6.04 Å². The molecule has 0 aliphatic heterocycles. The first-order valence-electron chi connectivity index (χ1n) is 8.05. The van der Waals surface area contributed by atoms with Crippen molar-refractivity contribution in [2.45, 2.75) is 43.3 Å². The topological polar surface area (TPSA) is 92.3 Å². The second-order valence-corrected chi connectivity index (χ2v) is 11.3. The van der Waals surface area contributed by atoms with Crippen LogP contribution in [0, 0.1) is 6.92 Å². The molecule has 1 N–H and O–H groups in total. The van der Waals surface area contributed by atoms with Gasteiger partial charge in [-0.15, -0.1) is 10.2 Å². The molecule has 11 heteroatoms. The van der Waals surface area contributed by atoms with Crippen molar-refractivity contribution in [2.75, 3.05) is 15.9 Å². The van der Waals surface area contributed by atoms with Crippen molar-refractivity contribution in [3.05, 3.63) is 28.8 Å². The number of hydrogen-bond acceptors (Lipinski definition) is 7. The van der Waals surface area contributed by atoms with Crippen molar-refractivity contribution in [2.24, 2.45) is 0 Å². The highest BCUT2D eigenvalue weighted by Gasteiger charge is 2.31. The third kappa shape index (κ3) is 5.81. The number of carbonyl (C=O) groups is 1. The fraction of sp³-hybridized carbons (Fsp3) is 0.438. The summed E-state index contributed by atoms with van der Waals surface area (Å²) in [5.41, 5.74) is 1.05. The molecular weight excluding hydrogens is 428 g/mol. The molecule has 0 aliphatic rings. The maximum atomic E-state index is 12.7. The molecule has 1 heterocycles. The van der Waals surface area contributed by atoms with Gasteiger partial charge >= 0.3 is 0 Å². The predicted molar refractivity (Wildman–Crippen MR) is 113 cm³/mol. The number of nitrogens with one attached hydrogen (secondary N) is 1. The zero-order chi connectivity index (χ0) is 20.4. The van der Waals surface area contributed by atoms with Crippen molar-refractivity contribution in [3.8, 4) is 0 Å². The van der Waals surface area contributed by atoms with Crippen LogP contribution in [0.5, 0.6) is 0 Å². The van der Waals surface area contributed by atoms with Crippen molar-refractivity contribution < 1.29 is 13.2 Å². The fourth-order valence-corrected chi connectivity index (χ4v) is 5.69. The minimum atomic E-state index is -3.73. The van der Waals surface area contributed by atoms with E-state index in [1.54, 1.807) is 19.1 Å². The van der Waals surface area contributed by atoms with Crippen LogP contribution in [0.15, 0.2) is 22.5 Å². The maximum Gasteiger partial charge on any atom is 0.249 e. The van der Waals surface area contributed by atoms with Gasteiger partial charge < -0.3 is 0 Å². The zero-order valence-corrected chi connectivity index (χ0v) is 18.8. The van der Waals surface area contributed by atoms with E-state index < -0.39 is 22.0 Å². The number of aryl methyl sites for hydroxylation is 1. The average molecular weight is 449 g/mol. The summed E-state index contributed by atoms with van der Waals surface area (Å²) in [6.45, 7) is 7.34. The third-order valence-corrected chi connectivity index (χ3v) is 6.86. The number of thioether (sulfide) groups is 1. The van der Waals surface area contributed by atoms with E-state index in [1.165, 1.54) is 36.1 Å². The van der Waals surface area contributed by atoms with E-state index in [9.17, 15) is 13.2 Å². The molecular formula is C16H21ClN4O3S3. The third-order valence-electron chi connectivity index (χ3n) is 3.47. The first kappa shape index (κ1) is 21.9. The molecule has 0 fully saturated rings. The highest BCUT2D eigenvalue weighted by molar-refractivity contribution is 8.01. The molecule has 0 saturated heterocycles. The van der Waals surface area contributed by atoms with Crippen LogP contribution in [0.1, 0.15) is 26.3 Å². The summed E-state index contributed by atoms with van der Waals surface area (Å²) >= 11 is 8.81. The fourth-order valence-electron chi connectivity index (χ4n) is 2.32. The van der Waals surface area contributed by atoms with Gasteiger partial charge in [-0.3, -0.25) is 14.4 Å². The Labute approximate surface area is 172 Å². The molecule has 7 nitrogen and oxygen atoms in total. The van der Waals surface area contributed by atoms with Crippen LogP contribution in [0.2, 0.25) is 5.02 Å². The highest BCUT2D eigenvalue weighted by atomic mass is 35.5. The second-order valence-electron chi connectivity index (χ2n) is 6.19. The number of rotatable bonds is 7. The van der Waals surface area contributed by atoms with Gasteiger partial charge in [0, 0.05) is 10.3 Å². The molecule has 2 rings (SSSR count). The van der Waals surface area contributed by atoms with Gasteiger partial charge in [-0.2, -0.15) is 0 Å². The minimum absolute atomic E-state index is 0.325. The normalized spacial score (nSPS) is 12.9. The molecule has 0 saturated carbocycles. The predicted octanol–water partition coefficient (Wildman–Crippen LogP) is 3.79. The number of sulfonamides is 1. The van der Waals surface area contributed by atoms with Crippen molar-refractivity contribution in [1.82, 2.24) is 10.2 Å². The van der Waals surface area contributed by atoms with Crippen LogP contribution in [0.25, 0.3) is 0 Å². The summed E-state index contributed by atoms with van der Waals surface area (Å²) in [4.78, 5) is 12.7. The molecule has 1 amide bonds. The summed E-state index contributed by atoms with van der Waals surface area (Å²) in [5, 5.41) is 11.7. The van der Waals surface area contributed by atoms with Crippen LogP contribution in [-0.2, 0) is 14.8 Å². The first-order chi connectivity index (χ1) is 12.5. The molecule has 1 aromatic heterocycles. The standard InChI is InChI=1S/C16H21ClN4O3S3/c1-9(2)25-16-20-19-15(26-16)18-14(22)11(4)21(27(5,23)24)13-8-12(17)7-6-10(13)3/h6-9,11H,1-5H3,(H,18,19,22)/t11-/m1/s1. The zero-order valence-electron chi connectivity index (χ0n) is 15.6. The van der Waals surface area contributed by atoms with E-state index in [2.05, 4.69) is 15.5 Å². The summed E-state index contributed by atoms with van der Waals surface area (Å²) in [6, 6.07) is 3.91. The van der Waals surface area contributed by atoms with E-state index >= 15 is 0 Å². The largest absolute Gasteiger partial charge is 0.299 e. The van der Waals surface area contributed by atoms with Gasteiger partial charge in [0.25, 0.3) is 0 Å². The van der Waals surface area contributed by atoms with E-state index in [-0.39, 0.29) is 0 Å². The Kier molecular flexibility index (Phi) is 7.12. The Balaban J connectivity index is 2.27. The van der Waals surface area contributed by atoms with Gasteiger partial charge in [-0.25, -0.2) is 8.42 Å². The summed E-state index contributed by atoms with van der Waals surface area (Å²) < 4.78 is 26.6. The lowest BCUT2D eigenvalue weighted by Crippen LogP contribution is -2.45. The summed E-state index contributed by atoms with van der Waals surface area (Å²) in [7, 11) is -3.73. The average Bonchev–Trinajstić information content (AvgIpc) is 2.95. The van der Waals surface area contributed by atoms with Crippen LogP contribution in [0.4, 0.5) is 10.8 Å². The maximum absolute atomic E-state index is 12.7. The number of benzene rings is 1. The molecule has 0 unspecified atom stereocenters. The van der Waals surface area contributed by atoms with E-state index in [0.717, 1.165) is 14.9 Å². The molecule has 0 spiro atoms. The Morgan fingerprint density at radius 1 is 1.30 bits per heavy atom. The quantitative estimate of drug-likeness (QED) is 0.511. The van der Waals surface area contributed by atoms with Crippen LogP contribution < -0.4 is 9.62 Å². The van der Waals surface area contributed by atoms with E-state index in [1.807, 2.05) is 13.8 Å². The molecule has 0 radical (unpaired) electrons. The molecule has 2 aromatic rings. The number of aromatic nitrogens is 2. The van der Waals surface area contributed by atoms with Gasteiger partial charge in [0.15, 0.2) is 4.34 Å². The summed E-state index contributed by atoms with van der Waals surface area (Å²) in [5.74, 6) is -0.503. The highest BCUT2D eigenvalue weighted by Crippen LogP contribution is 2.30. The van der Waals surface area contributed by atoms with Gasteiger partial charge in [-0.05, 0) is 31.5 Å². The Hall–Kier alpha value is -1.36. The Morgan fingerprint density at radius 2 is 1.96 bits per heavy atom. The molecule has 1 atom stereocenters. The number of amides is 1. The van der Waals surface area contributed by atoms with Gasteiger partial charge in [-0.1, -0.05) is 54.6 Å². The number of nitrogens with zero attached hydrogens (tertiary/aromatic N) is 3. The molecule has 27 heavy (non-hydrogen) atoms. The molecule has 148 valence electrons. The lowest BCUT2D eigenvalue weighted by molar-refractivity contribution is -0.116. The second kappa shape index (κ2) is 8.76. The van der Waals surface area contributed by atoms with E-state index in [4.69, 9.17) is 11.6 Å². The monoisotopic (exact) mass is 448 g/mol. The first-order valence-corrected chi connectivity index (χ1v) is 12.0.